The molecule has 1 aliphatic rings. The Morgan fingerprint density at radius 3 is 2.61 bits per heavy atom. The zero-order valence-electron chi connectivity index (χ0n) is 10.6. The van der Waals surface area contributed by atoms with Gasteiger partial charge in [0.2, 0.25) is 11.8 Å². The third kappa shape index (κ3) is 5.10. The van der Waals surface area contributed by atoms with Crippen LogP contribution in [0.2, 0.25) is 0 Å². The number of carbonyl (C=O) groups is 1. The molecule has 0 bridgehead atoms. The van der Waals surface area contributed by atoms with Crippen molar-refractivity contribution in [3.63, 3.8) is 0 Å². The molecule has 18 heavy (non-hydrogen) atoms. The maximum Gasteiger partial charge on any atom is 0.248 e. The lowest BCUT2D eigenvalue weighted by Crippen LogP contribution is -2.42. The van der Waals surface area contributed by atoms with Gasteiger partial charge in [0.25, 0.3) is 0 Å². The summed E-state index contributed by atoms with van der Waals surface area (Å²) in [6.45, 7) is 0.0221. The molecule has 1 fully saturated rings. The number of carbonyl (C=O) groups excluding carboxylic acids is 1. The Bertz CT molecular complexity index is 261. The molecule has 2 N–H and O–H groups in total. The molecule has 0 heterocycles. The van der Waals surface area contributed by atoms with Gasteiger partial charge in [0, 0.05) is 37.2 Å². The fourth-order valence-electron chi connectivity index (χ4n) is 2.18. The monoisotopic (exact) mass is 281 g/mol. The van der Waals surface area contributed by atoms with E-state index in [9.17, 15) is 13.6 Å². The van der Waals surface area contributed by atoms with Crippen LogP contribution in [0.25, 0.3) is 0 Å². The van der Waals surface area contributed by atoms with Crippen molar-refractivity contribution in [2.24, 2.45) is 5.92 Å². The molecule has 0 aromatic heterocycles. The van der Waals surface area contributed by atoms with E-state index in [1.165, 1.54) is 0 Å². The number of thioether (sulfide) groups is 1. The van der Waals surface area contributed by atoms with Crippen molar-refractivity contribution in [2.45, 2.75) is 44.1 Å². The summed E-state index contributed by atoms with van der Waals surface area (Å²) in [7, 11) is 0. The summed E-state index contributed by atoms with van der Waals surface area (Å²) in [6.07, 6.45) is 2.55. The Hall–Kier alpha value is -0.360. The van der Waals surface area contributed by atoms with Crippen LogP contribution in [0.15, 0.2) is 0 Å². The van der Waals surface area contributed by atoms with Gasteiger partial charge >= 0.3 is 0 Å². The largest absolute Gasteiger partial charge is 0.396 e. The molecule has 1 saturated carbocycles. The molecule has 0 aliphatic heterocycles. The van der Waals surface area contributed by atoms with E-state index in [4.69, 9.17) is 5.11 Å². The molecular weight excluding hydrogens is 260 g/mol. The van der Waals surface area contributed by atoms with Crippen LogP contribution in [0.5, 0.6) is 0 Å². The lowest BCUT2D eigenvalue weighted by atomic mass is 9.86. The summed E-state index contributed by atoms with van der Waals surface area (Å²) >= 11 is 1.59. The van der Waals surface area contributed by atoms with E-state index in [0.29, 0.717) is 6.42 Å². The molecule has 0 unspecified atom stereocenters. The number of aliphatic hydroxyl groups is 1. The molecule has 1 atom stereocenters. The SMILES string of the molecule is CSC[C@H](CCO)NC(=O)C1CCC(F)(F)CC1. The van der Waals surface area contributed by atoms with Gasteiger partial charge < -0.3 is 10.4 Å². The lowest BCUT2D eigenvalue weighted by molar-refractivity contribution is -0.129. The van der Waals surface area contributed by atoms with Crippen LogP contribution in [-0.2, 0) is 4.79 Å². The zero-order valence-corrected chi connectivity index (χ0v) is 11.4. The molecular formula is C12H21F2NO2S. The number of amides is 1. The summed E-state index contributed by atoms with van der Waals surface area (Å²) in [5.41, 5.74) is 0. The van der Waals surface area contributed by atoms with Crippen molar-refractivity contribution in [1.29, 1.82) is 0 Å². The second-order valence-electron chi connectivity index (χ2n) is 4.80. The summed E-state index contributed by atoms with van der Waals surface area (Å²) in [4.78, 5) is 11.9. The van der Waals surface area contributed by atoms with E-state index in [2.05, 4.69) is 5.32 Å². The van der Waals surface area contributed by atoms with Crippen LogP contribution < -0.4 is 5.32 Å². The number of hydrogen-bond donors (Lipinski definition) is 2. The summed E-state index contributed by atoms with van der Waals surface area (Å²) < 4.78 is 26.0. The number of hydrogen-bond acceptors (Lipinski definition) is 3. The van der Waals surface area contributed by atoms with Crippen LogP contribution in [-0.4, -0.2) is 41.6 Å². The van der Waals surface area contributed by atoms with Crippen LogP contribution in [0.1, 0.15) is 32.1 Å². The van der Waals surface area contributed by atoms with Crippen LogP contribution >= 0.6 is 11.8 Å². The summed E-state index contributed by atoms with van der Waals surface area (Å²) in [5.74, 6) is -2.30. The number of halogens is 2. The predicted octanol–water partition coefficient (Wildman–Crippen LogP) is 2.04. The molecule has 1 aliphatic carbocycles. The van der Waals surface area contributed by atoms with Crippen molar-refractivity contribution in [3.8, 4) is 0 Å². The quantitative estimate of drug-likeness (QED) is 0.783. The maximum absolute atomic E-state index is 13.0. The second kappa shape index (κ2) is 7.28. The molecule has 1 rings (SSSR count). The Morgan fingerprint density at radius 2 is 2.11 bits per heavy atom. The van der Waals surface area contributed by atoms with Crippen LogP contribution in [0.4, 0.5) is 8.78 Å². The van der Waals surface area contributed by atoms with Crippen molar-refractivity contribution in [2.75, 3.05) is 18.6 Å². The first-order valence-corrected chi connectivity index (χ1v) is 7.66. The number of nitrogens with one attached hydrogen (secondary N) is 1. The summed E-state index contributed by atoms with van der Waals surface area (Å²) in [6, 6.07) is -0.0695. The molecule has 0 spiro atoms. The third-order valence-electron chi connectivity index (χ3n) is 3.28. The molecule has 1 amide bonds. The van der Waals surface area contributed by atoms with E-state index >= 15 is 0 Å². The van der Waals surface area contributed by atoms with Gasteiger partial charge in [-0.2, -0.15) is 11.8 Å². The van der Waals surface area contributed by atoms with Crippen LogP contribution in [0, 0.1) is 5.92 Å². The molecule has 0 saturated heterocycles. The van der Waals surface area contributed by atoms with Gasteiger partial charge in [-0.1, -0.05) is 0 Å². The number of aliphatic hydroxyl groups excluding tert-OH is 1. The normalized spacial score (nSPS) is 21.6. The smallest absolute Gasteiger partial charge is 0.248 e. The van der Waals surface area contributed by atoms with Gasteiger partial charge in [-0.15, -0.1) is 0 Å². The van der Waals surface area contributed by atoms with Crippen molar-refractivity contribution < 1.29 is 18.7 Å². The Labute approximate surface area is 111 Å². The molecule has 3 nitrogen and oxygen atoms in total. The predicted molar refractivity (Wildman–Crippen MR) is 68.9 cm³/mol. The third-order valence-corrected chi connectivity index (χ3v) is 4.02. The highest BCUT2D eigenvalue weighted by Gasteiger charge is 2.37. The van der Waals surface area contributed by atoms with Crippen molar-refractivity contribution in [3.05, 3.63) is 0 Å². The highest BCUT2D eigenvalue weighted by Crippen LogP contribution is 2.36. The van der Waals surface area contributed by atoms with E-state index in [0.717, 1.165) is 5.75 Å². The van der Waals surface area contributed by atoms with Crippen molar-refractivity contribution in [1.82, 2.24) is 5.32 Å². The average Bonchev–Trinajstić information content (AvgIpc) is 2.29. The van der Waals surface area contributed by atoms with Gasteiger partial charge in [-0.25, -0.2) is 8.78 Å². The second-order valence-corrected chi connectivity index (χ2v) is 5.71. The Balaban J connectivity index is 2.39. The molecule has 106 valence electrons. The Morgan fingerprint density at radius 1 is 1.50 bits per heavy atom. The molecule has 6 heteroatoms. The first-order chi connectivity index (χ1) is 8.48. The Kier molecular flexibility index (Phi) is 6.35. The number of rotatable bonds is 6. The van der Waals surface area contributed by atoms with Gasteiger partial charge in [0.15, 0.2) is 0 Å². The van der Waals surface area contributed by atoms with E-state index in [1.807, 2.05) is 6.26 Å². The van der Waals surface area contributed by atoms with Crippen molar-refractivity contribution >= 4 is 17.7 Å². The maximum atomic E-state index is 13.0. The zero-order chi connectivity index (χ0) is 13.6. The summed E-state index contributed by atoms with van der Waals surface area (Å²) in [5, 5.41) is 11.7. The van der Waals surface area contributed by atoms with Gasteiger partial charge in [0.05, 0.1) is 0 Å². The van der Waals surface area contributed by atoms with E-state index in [-0.39, 0.29) is 50.2 Å². The highest BCUT2D eigenvalue weighted by molar-refractivity contribution is 7.98. The minimum Gasteiger partial charge on any atom is -0.396 e. The fourth-order valence-corrected chi connectivity index (χ4v) is 2.83. The average molecular weight is 281 g/mol. The molecule has 0 radical (unpaired) electrons. The van der Waals surface area contributed by atoms with Crippen LogP contribution in [0.3, 0.4) is 0 Å². The molecule has 0 aromatic carbocycles. The first kappa shape index (κ1) is 15.7. The lowest BCUT2D eigenvalue weighted by Gasteiger charge is -2.28. The minimum atomic E-state index is -2.60. The fraction of sp³-hybridized carbons (Fsp3) is 0.917. The van der Waals surface area contributed by atoms with E-state index < -0.39 is 5.92 Å². The van der Waals surface area contributed by atoms with Gasteiger partial charge in [-0.3, -0.25) is 4.79 Å². The number of alkyl halides is 2. The topological polar surface area (TPSA) is 49.3 Å². The van der Waals surface area contributed by atoms with Gasteiger partial charge in [0.1, 0.15) is 0 Å². The van der Waals surface area contributed by atoms with Gasteiger partial charge in [-0.05, 0) is 25.5 Å². The first-order valence-electron chi connectivity index (χ1n) is 6.26. The highest BCUT2D eigenvalue weighted by atomic mass is 32.2. The van der Waals surface area contributed by atoms with E-state index in [1.54, 1.807) is 11.8 Å². The minimum absolute atomic E-state index is 0.0221. The molecule has 0 aromatic rings. The standard InChI is InChI=1S/C12H21F2NO2S/c1-18-8-10(4-7-16)15-11(17)9-2-5-12(13,14)6-3-9/h9-10,16H,2-8H2,1H3,(H,15,17)/t10-/m0/s1.